The summed E-state index contributed by atoms with van der Waals surface area (Å²) in [6, 6.07) is 0.220. The van der Waals surface area contributed by atoms with Crippen molar-refractivity contribution in [3.05, 3.63) is 0 Å². The number of fused-ring (bicyclic) bond motifs is 1. The van der Waals surface area contributed by atoms with Crippen LogP contribution >= 0.6 is 0 Å². The molecule has 184 valence electrons. The maximum absolute atomic E-state index is 13.3. The molecule has 4 aliphatic heterocycles. The predicted molar refractivity (Wildman–Crippen MR) is 121 cm³/mol. The van der Waals surface area contributed by atoms with E-state index in [1.807, 2.05) is 7.05 Å². The van der Waals surface area contributed by atoms with Crippen molar-refractivity contribution in [2.24, 2.45) is 11.8 Å². The van der Waals surface area contributed by atoms with Gasteiger partial charge in [0.15, 0.2) is 0 Å². The van der Waals surface area contributed by atoms with E-state index in [0.717, 1.165) is 51.8 Å². The zero-order valence-electron chi connectivity index (χ0n) is 19.4. The zero-order chi connectivity index (χ0) is 22.3. The first kappa shape index (κ1) is 23.4. The van der Waals surface area contributed by atoms with Crippen LogP contribution in [0.25, 0.3) is 0 Å². The molecule has 0 amide bonds. The Morgan fingerprint density at radius 1 is 1.19 bits per heavy atom. The van der Waals surface area contributed by atoms with Crippen molar-refractivity contribution in [2.45, 2.75) is 67.6 Å². The number of ether oxygens (including phenoxy) is 2. The molecular weight excluding hydrogens is 432 g/mol. The number of nitrogens with one attached hydrogen (secondary N) is 4. The van der Waals surface area contributed by atoms with E-state index in [1.165, 1.54) is 6.42 Å². The summed E-state index contributed by atoms with van der Waals surface area (Å²) in [7, 11) is 0.404. The molecular formula is C21H40N6O4S. The molecule has 4 saturated heterocycles. The summed E-state index contributed by atoms with van der Waals surface area (Å²) in [4.78, 5) is 0. The van der Waals surface area contributed by atoms with Crippen LogP contribution in [0.2, 0.25) is 0 Å². The van der Waals surface area contributed by atoms with Crippen LogP contribution in [0.15, 0.2) is 0 Å². The summed E-state index contributed by atoms with van der Waals surface area (Å²) in [5.74, 6) is 0.928. The summed E-state index contributed by atoms with van der Waals surface area (Å²) in [6.45, 7) is 4.20. The van der Waals surface area contributed by atoms with Crippen LogP contribution in [-0.2, 0) is 19.5 Å². The largest absolute Gasteiger partial charge is 0.378 e. The minimum absolute atomic E-state index is 0.0195. The van der Waals surface area contributed by atoms with Crippen molar-refractivity contribution in [1.29, 1.82) is 0 Å². The number of likely N-dealkylation sites (N-methyl/N-ethyl adjacent to an activating group) is 1. The molecule has 6 unspecified atom stereocenters. The highest BCUT2D eigenvalue weighted by Gasteiger charge is 2.47. The number of piperidine rings is 1. The second-order valence-corrected chi connectivity index (χ2v) is 12.3. The molecule has 5 fully saturated rings. The van der Waals surface area contributed by atoms with Crippen LogP contribution < -0.4 is 20.9 Å². The second kappa shape index (κ2) is 9.35. The minimum atomic E-state index is -3.42. The number of sulfonamides is 1. The Labute approximate surface area is 192 Å². The monoisotopic (exact) mass is 472 g/mol. The van der Waals surface area contributed by atoms with Crippen molar-refractivity contribution in [2.75, 3.05) is 53.6 Å². The Bertz CT molecular complexity index is 761. The average Bonchev–Trinajstić information content (AvgIpc) is 3.55. The molecule has 0 aromatic carbocycles. The van der Waals surface area contributed by atoms with E-state index >= 15 is 0 Å². The van der Waals surface area contributed by atoms with Gasteiger partial charge in [-0.3, -0.25) is 10.9 Å². The zero-order valence-corrected chi connectivity index (χ0v) is 20.2. The molecule has 32 heavy (non-hydrogen) atoms. The third-order valence-corrected chi connectivity index (χ3v) is 10.5. The van der Waals surface area contributed by atoms with E-state index in [0.29, 0.717) is 31.5 Å². The quantitative estimate of drug-likeness (QED) is 0.396. The summed E-state index contributed by atoms with van der Waals surface area (Å²) < 4.78 is 41.4. The van der Waals surface area contributed by atoms with Gasteiger partial charge in [0.25, 0.3) is 0 Å². The van der Waals surface area contributed by atoms with Gasteiger partial charge in [-0.2, -0.15) is 0 Å². The highest BCUT2D eigenvalue weighted by atomic mass is 32.2. The van der Waals surface area contributed by atoms with Gasteiger partial charge in [0, 0.05) is 58.9 Å². The molecule has 0 aromatic heterocycles. The van der Waals surface area contributed by atoms with E-state index in [2.05, 4.69) is 30.9 Å². The number of hydrogen-bond acceptors (Lipinski definition) is 9. The first-order valence-electron chi connectivity index (χ1n) is 12.3. The van der Waals surface area contributed by atoms with Crippen molar-refractivity contribution in [3.63, 3.8) is 0 Å². The Hall–Kier alpha value is -0.370. The molecule has 0 aromatic rings. The van der Waals surface area contributed by atoms with Crippen LogP contribution in [0, 0.1) is 11.8 Å². The van der Waals surface area contributed by atoms with Crippen LogP contribution in [0.5, 0.6) is 0 Å². The van der Waals surface area contributed by atoms with Crippen molar-refractivity contribution in [1.82, 2.24) is 30.9 Å². The van der Waals surface area contributed by atoms with Gasteiger partial charge in [-0.25, -0.2) is 23.2 Å². The molecule has 5 rings (SSSR count). The molecule has 4 heterocycles. The number of nitrogens with zero attached hydrogens (tertiary/aromatic N) is 2. The molecule has 0 radical (unpaired) electrons. The fraction of sp³-hybridized carbons (Fsp3) is 1.00. The standard InChI is InChI=1S/C21H40N6O4S/c1-26-20-15(11-23-26)4-3-5-18(20)25-32(28,29)17-12-24-27(13-17)19-10-16(6-8-22-19)21(30-2)7-9-31-14-21/h15-20,22-25H,3-14H2,1-2H3/t15?,16?,17?,18?,19?,20?,21-/m1/s1. The summed E-state index contributed by atoms with van der Waals surface area (Å²) in [5, 5.41) is 7.35. The molecule has 0 spiro atoms. The fourth-order valence-corrected chi connectivity index (χ4v) is 8.24. The molecule has 1 aliphatic carbocycles. The molecule has 0 bridgehead atoms. The first-order valence-corrected chi connectivity index (χ1v) is 13.8. The van der Waals surface area contributed by atoms with Gasteiger partial charge in [0.2, 0.25) is 10.0 Å². The maximum Gasteiger partial charge on any atom is 0.217 e. The SMILES string of the molecule is CO[C@]1(C2CCNC(N3CC(S(=O)(=O)NC4CCCC5CNN(C)C54)CN3)C2)CCOC1. The normalized spacial score (nSPS) is 44.2. The number of hydrogen-bond donors (Lipinski definition) is 4. The van der Waals surface area contributed by atoms with Crippen LogP contribution in [0.1, 0.15) is 38.5 Å². The lowest BCUT2D eigenvalue weighted by molar-refractivity contribution is -0.0836. The Morgan fingerprint density at radius 3 is 2.84 bits per heavy atom. The molecule has 5 aliphatic rings. The molecule has 1 saturated carbocycles. The lowest BCUT2D eigenvalue weighted by atomic mass is 9.79. The summed E-state index contributed by atoms with van der Waals surface area (Å²) in [5.41, 5.74) is 6.55. The van der Waals surface area contributed by atoms with Crippen molar-refractivity contribution in [3.8, 4) is 0 Å². The topological polar surface area (TPSA) is 107 Å². The van der Waals surface area contributed by atoms with E-state index < -0.39 is 15.3 Å². The van der Waals surface area contributed by atoms with Crippen LogP contribution in [-0.4, -0.2) is 101 Å². The average molecular weight is 473 g/mol. The molecule has 10 nitrogen and oxygen atoms in total. The number of rotatable bonds is 6. The molecule has 7 atom stereocenters. The Kier molecular flexibility index (Phi) is 6.83. The van der Waals surface area contributed by atoms with Gasteiger partial charge in [-0.05, 0) is 44.1 Å². The Morgan fingerprint density at radius 2 is 2.06 bits per heavy atom. The predicted octanol–water partition coefficient (Wildman–Crippen LogP) is -0.787. The van der Waals surface area contributed by atoms with Crippen molar-refractivity contribution >= 4 is 10.0 Å². The van der Waals surface area contributed by atoms with E-state index in [4.69, 9.17) is 9.47 Å². The van der Waals surface area contributed by atoms with Crippen LogP contribution in [0.3, 0.4) is 0 Å². The van der Waals surface area contributed by atoms with E-state index in [9.17, 15) is 8.42 Å². The minimum Gasteiger partial charge on any atom is -0.378 e. The van der Waals surface area contributed by atoms with Gasteiger partial charge in [0.05, 0.1) is 18.4 Å². The fourth-order valence-electron chi connectivity index (χ4n) is 6.72. The maximum atomic E-state index is 13.3. The van der Waals surface area contributed by atoms with Gasteiger partial charge in [-0.1, -0.05) is 6.42 Å². The van der Waals surface area contributed by atoms with Gasteiger partial charge in [0.1, 0.15) is 5.25 Å². The molecule has 4 N–H and O–H groups in total. The third-order valence-electron chi connectivity index (χ3n) is 8.64. The van der Waals surface area contributed by atoms with Gasteiger partial charge >= 0.3 is 0 Å². The van der Waals surface area contributed by atoms with E-state index in [1.54, 1.807) is 7.11 Å². The smallest absolute Gasteiger partial charge is 0.217 e. The first-order chi connectivity index (χ1) is 15.4. The highest BCUT2D eigenvalue weighted by Crippen LogP contribution is 2.38. The summed E-state index contributed by atoms with van der Waals surface area (Å²) >= 11 is 0. The van der Waals surface area contributed by atoms with Gasteiger partial charge < -0.3 is 14.8 Å². The van der Waals surface area contributed by atoms with Crippen LogP contribution in [0.4, 0.5) is 0 Å². The summed E-state index contributed by atoms with van der Waals surface area (Å²) in [6.07, 6.45) is 6.17. The Balaban J connectivity index is 1.20. The third kappa shape index (κ3) is 4.36. The van der Waals surface area contributed by atoms with Gasteiger partial charge in [-0.15, -0.1) is 0 Å². The van der Waals surface area contributed by atoms with E-state index in [-0.39, 0.29) is 23.9 Å². The highest BCUT2D eigenvalue weighted by molar-refractivity contribution is 7.90. The lowest BCUT2D eigenvalue weighted by Crippen LogP contribution is -2.57. The number of methoxy groups -OCH3 is 1. The van der Waals surface area contributed by atoms with Crippen molar-refractivity contribution < 1.29 is 17.9 Å². The lowest BCUT2D eigenvalue weighted by Gasteiger charge is -2.43. The number of hydrazine groups is 2. The second-order valence-electron chi connectivity index (χ2n) is 10.3. The molecule has 11 heteroatoms.